The van der Waals surface area contributed by atoms with E-state index in [2.05, 4.69) is 66.0 Å². The predicted octanol–water partition coefficient (Wildman–Crippen LogP) is 4.43. The van der Waals surface area contributed by atoms with Gasteiger partial charge in [0.1, 0.15) is 0 Å². The van der Waals surface area contributed by atoms with E-state index in [0.29, 0.717) is 0 Å². The Morgan fingerprint density at radius 3 is 2.61 bits per heavy atom. The average molecular weight is 231 g/mol. The Balaban J connectivity index is 2.15. The van der Waals surface area contributed by atoms with Crippen molar-refractivity contribution in [2.45, 2.75) is 6.54 Å². The maximum atomic E-state index is 3.48. The van der Waals surface area contributed by atoms with Crippen molar-refractivity contribution in [3.8, 4) is 11.1 Å². The van der Waals surface area contributed by atoms with Gasteiger partial charge in [-0.2, -0.15) is 0 Å². The minimum Gasteiger partial charge on any atom is -0.380 e. The first-order valence-corrected chi connectivity index (χ1v) is 6.27. The van der Waals surface area contributed by atoms with E-state index in [1.165, 1.54) is 33.2 Å². The maximum Gasteiger partial charge on any atom is 0.0422 e. The van der Waals surface area contributed by atoms with Gasteiger partial charge in [0, 0.05) is 17.8 Å². The third kappa shape index (κ3) is 1.28. The highest BCUT2D eigenvalue weighted by atomic mass is 14.9. The van der Waals surface area contributed by atoms with Gasteiger partial charge in [0.15, 0.2) is 0 Å². The normalized spacial score (nSPS) is 12.7. The zero-order chi connectivity index (χ0) is 11.9. The van der Waals surface area contributed by atoms with Gasteiger partial charge in [-0.25, -0.2) is 0 Å². The zero-order valence-electron chi connectivity index (χ0n) is 9.98. The fourth-order valence-corrected chi connectivity index (χ4v) is 2.83. The highest BCUT2D eigenvalue weighted by Crippen LogP contribution is 2.39. The molecule has 1 aliphatic heterocycles. The molecule has 0 amide bonds. The third-order valence-electron chi connectivity index (χ3n) is 3.68. The largest absolute Gasteiger partial charge is 0.380 e. The molecule has 3 aromatic rings. The van der Waals surface area contributed by atoms with Crippen molar-refractivity contribution in [2.24, 2.45) is 0 Å². The number of para-hydroxylation sites is 1. The third-order valence-corrected chi connectivity index (χ3v) is 3.68. The van der Waals surface area contributed by atoms with E-state index >= 15 is 0 Å². The summed E-state index contributed by atoms with van der Waals surface area (Å²) in [5, 5.41) is 6.15. The Hall–Kier alpha value is -2.28. The number of rotatable bonds is 0. The number of hydrogen-bond acceptors (Lipinski definition) is 1. The van der Waals surface area contributed by atoms with Gasteiger partial charge in [-0.15, -0.1) is 0 Å². The second-order valence-corrected chi connectivity index (χ2v) is 4.72. The monoisotopic (exact) mass is 231 g/mol. The second kappa shape index (κ2) is 3.61. The van der Waals surface area contributed by atoms with Crippen molar-refractivity contribution in [3.05, 3.63) is 66.2 Å². The van der Waals surface area contributed by atoms with Crippen molar-refractivity contribution < 1.29 is 0 Å². The molecule has 1 aliphatic rings. The molecule has 1 heteroatoms. The SMILES string of the molecule is c1ccc2c(c1)NCc1ccc3ccccc3c1-2. The van der Waals surface area contributed by atoms with Crippen LogP contribution in [0, 0.1) is 0 Å². The summed E-state index contributed by atoms with van der Waals surface area (Å²) in [6, 6.07) is 21.6. The summed E-state index contributed by atoms with van der Waals surface area (Å²) >= 11 is 0. The van der Waals surface area contributed by atoms with Crippen LogP contribution in [0.2, 0.25) is 0 Å². The first-order chi connectivity index (χ1) is 8.93. The first-order valence-electron chi connectivity index (χ1n) is 6.27. The van der Waals surface area contributed by atoms with Gasteiger partial charge in [-0.05, 0) is 28.0 Å². The van der Waals surface area contributed by atoms with Crippen LogP contribution in [0.5, 0.6) is 0 Å². The van der Waals surface area contributed by atoms with Crippen LogP contribution in [0.4, 0.5) is 5.69 Å². The predicted molar refractivity (Wildman–Crippen MR) is 76.7 cm³/mol. The van der Waals surface area contributed by atoms with Crippen molar-refractivity contribution in [1.82, 2.24) is 0 Å². The van der Waals surface area contributed by atoms with Crippen LogP contribution >= 0.6 is 0 Å². The van der Waals surface area contributed by atoms with Crippen LogP contribution in [-0.2, 0) is 6.54 Å². The quantitative estimate of drug-likeness (QED) is 0.603. The van der Waals surface area contributed by atoms with E-state index in [-0.39, 0.29) is 0 Å². The summed E-state index contributed by atoms with van der Waals surface area (Å²) in [6.07, 6.45) is 0. The summed E-state index contributed by atoms with van der Waals surface area (Å²) in [6.45, 7) is 0.914. The van der Waals surface area contributed by atoms with E-state index in [4.69, 9.17) is 0 Å². The lowest BCUT2D eigenvalue weighted by atomic mass is 9.90. The molecule has 1 nitrogen and oxygen atoms in total. The van der Waals surface area contributed by atoms with Gasteiger partial charge in [0.05, 0.1) is 0 Å². The van der Waals surface area contributed by atoms with Gasteiger partial charge in [0.25, 0.3) is 0 Å². The molecule has 3 aromatic carbocycles. The van der Waals surface area contributed by atoms with Crippen molar-refractivity contribution in [1.29, 1.82) is 0 Å². The Kier molecular flexibility index (Phi) is 1.95. The molecule has 0 saturated carbocycles. The minimum atomic E-state index is 0.914. The van der Waals surface area contributed by atoms with Crippen LogP contribution < -0.4 is 5.32 Å². The van der Waals surface area contributed by atoms with Crippen LogP contribution in [0.15, 0.2) is 60.7 Å². The number of hydrogen-bond donors (Lipinski definition) is 1. The van der Waals surface area contributed by atoms with E-state index in [9.17, 15) is 0 Å². The molecule has 18 heavy (non-hydrogen) atoms. The highest BCUT2D eigenvalue weighted by molar-refractivity contribution is 6.02. The molecule has 0 bridgehead atoms. The van der Waals surface area contributed by atoms with Crippen LogP contribution in [0.25, 0.3) is 21.9 Å². The molecule has 86 valence electrons. The summed E-state index contributed by atoms with van der Waals surface area (Å²) in [5.74, 6) is 0. The molecule has 1 heterocycles. The number of nitrogens with one attached hydrogen (secondary N) is 1. The second-order valence-electron chi connectivity index (χ2n) is 4.72. The lowest BCUT2D eigenvalue weighted by Crippen LogP contribution is -2.08. The van der Waals surface area contributed by atoms with Gasteiger partial charge < -0.3 is 5.32 Å². The maximum absolute atomic E-state index is 3.48. The molecule has 4 rings (SSSR count). The molecule has 0 atom stereocenters. The molecule has 0 aromatic heterocycles. The molecular weight excluding hydrogens is 218 g/mol. The Morgan fingerprint density at radius 2 is 1.61 bits per heavy atom. The summed E-state index contributed by atoms with van der Waals surface area (Å²) in [4.78, 5) is 0. The number of fused-ring (bicyclic) bond motifs is 5. The van der Waals surface area contributed by atoms with Gasteiger partial charge in [0.2, 0.25) is 0 Å². The molecule has 0 aliphatic carbocycles. The van der Waals surface area contributed by atoms with Crippen molar-refractivity contribution >= 4 is 16.5 Å². The fourth-order valence-electron chi connectivity index (χ4n) is 2.83. The van der Waals surface area contributed by atoms with E-state index in [1.807, 2.05) is 0 Å². The van der Waals surface area contributed by atoms with Crippen molar-refractivity contribution in [3.63, 3.8) is 0 Å². The standard InChI is InChI=1S/C17H13N/c1-2-6-14-12(5-1)9-10-13-11-18-16-8-4-3-7-15(16)17(13)14/h1-10,18H,11H2. The minimum absolute atomic E-state index is 0.914. The van der Waals surface area contributed by atoms with E-state index < -0.39 is 0 Å². The molecule has 0 unspecified atom stereocenters. The molecule has 0 spiro atoms. The molecular formula is C17H13N. The average Bonchev–Trinajstić information content (AvgIpc) is 2.46. The lowest BCUT2D eigenvalue weighted by Gasteiger charge is -2.23. The smallest absolute Gasteiger partial charge is 0.0422 e. The van der Waals surface area contributed by atoms with E-state index in [1.54, 1.807) is 0 Å². The number of anilines is 1. The Labute approximate surface area is 106 Å². The summed E-state index contributed by atoms with van der Waals surface area (Å²) < 4.78 is 0. The number of benzene rings is 3. The fraction of sp³-hybridized carbons (Fsp3) is 0.0588. The Bertz CT molecular complexity index is 743. The molecule has 1 N–H and O–H groups in total. The first kappa shape index (κ1) is 9.72. The van der Waals surface area contributed by atoms with Gasteiger partial charge in [-0.3, -0.25) is 0 Å². The highest BCUT2D eigenvalue weighted by Gasteiger charge is 2.16. The van der Waals surface area contributed by atoms with Crippen LogP contribution in [0.1, 0.15) is 5.56 Å². The molecule has 0 saturated heterocycles. The lowest BCUT2D eigenvalue weighted by molar-refractivity contribution is 1.13. The summed E-state index contributed by atoms with van der Waals surface area (Å²) in [7, 11) is 0. The Morgan fingerprint density at radius 1 is 0.778 bits per heavy atom. The topological polar surface area (TPSA) is 12.0 Å². The molecule has 0 fully saturated rings. The van der Waals surface area contributed by atoms with Crippen LogP contribution in [-0.4, -0.2) is 0 Å². The van der Waals surface area contributed by atoms with Crippen LogP contribution in [0.3, 0.4) is 0 Å². The summed E-state index contributed by atoms with van der Waals surface area (Å²) in [5.41, 5.74) is 5.33. The zero-order valence-corrected chi connectivity index (χ0v) is 9.98. The van der Waals surface area contributed by atoms with E-state index in [0.717, 1.165) is 6.54 Å². The van der Waals surface area contributed by atoms with Crippen molar-refractivity contribution in [2.75, 3.05) is 5.32 Å². The molecule has 0 radical (unpaired) electrons. The van der Waals surface area contributed by atoms with Gasteiger partial charge in [-0.1, -0.05) is 54.6 Å². The van der Waals surface area contributed by atoms with Gasteiger partial charge >= 0.3 is 0 Å².